The lowest BCUT2D eigenvalue weighted by Gasteiger charge is -2.06. The first kappa shape index (κ1) is 14.3. The molecular formula is C18H20O2. The largest absolute Gasteiger partial charge is 0.465 e. The Labute approximate surface area is 120 Å². The molecule has 0 atom stereocenters. The molecule has 0 aliphatic rings. The van der Waals surface area contributed by atoms with Crippen LogP contribution in [0, 0.1) is 0 Å². The quantitative estimate of drug-likeness (QED) is 0.747. The van der Waals surface area contributed by atoms with Gasteiger partial charge in [-0.15, -0.1) is 0 Å². The molecule has 0 N–H and O–H groups in total. The third kappa shape index (κ3) is 3.47. The average Bonchev–Trinajstić information content (AvgIpc) is 2.52. The van der Waals surface area contributed by atoms with Crippen molar-refractivity contribution in [2.24, 2.45) is 0 Å². The van der Waals surface area contributed by atoms with Gasteiger partial charge in [-0.2, -0.15) is 0 Å². The summed E-state index contributed by atoms with van der Waals surface area (Å²) in [7, 11) is 1.40. The Balaban J connectivity index is 2.20. The van der Waals surface area contributed by atoms with Gasteiger partial charge in [0.1, 0.15) is 0 Å². The summed E-state index contributed by atoms with van der Waals surface area (Å²) in [5, 5.41) is 0. The molecule has 20 heavy (non-hydrogen) atoms. The fraction of sp³-hybridized carbons (Fsp3) is 0.278. The Bertz CT molecular complexity index is 570. The van der Waals surface area contributed by atoms with Crippen molar-refractivity contribution in [1.29, 1.82) is 0 Å². The molecule has 0 aliphatic carbocycles. The number of carbonyl (C=O) groups excluding carboxylic acids is 1. The first-order chi connectivity index (χ1) is 9.74. The molecule has 104 valence electrons. The van der Waals surface area contributed by atoms with E-state index >= 15 is 0 Å². The van der Waals surface area contributed by atoms with Crippen molar-refractivity contribution in [2.45, 2.75) is 26.2 Å². The van der Waals surface area contributed by atoms with Gasteiger partial charge in [0.05, 0.1) is 12.7 Å². The Hall–Kier alpha value is -2.09. The molecule has 0 unspecified atom stereocenters. The monoisotopic (exact) mass is 268 g/mol. The van der Waals surface area contributed by atoms with Crippen LogP contribution in [-0.4, -0.2) is 13.1 Å². The number of esters is 1. The van der Waals surface area contributed by atoms with E-state index in [2.05, 4.69) is 31.2 Å². The summed E-state index contributed by atoms with van der Waals surface area (Å²) >= 11 is 0. The number of benzene rings is 2. The van der Waals surface area contributed by atoms with E-state index in [0.29, 0.717) is 5.56 Å². The van der Waals surface area contributed by atoms with E-state index in [0.717, 1.165) is 12.0 Å². The second-order valence-corrected chi connectivity index (χ2v) is 4.87. The van der Waals surface area contributed by atoms with Gasteiger partial charge in [0.15, 0.2) is 0 Å². The maximum atomic E-state index is 11.4. The van der Waals surface area contributed by atoms with Crippen molar-refractivity contribution in [3.05, 3.63) is 59.7 Å². The van der Waals surface area contributed by atoms with Crippen LogP contribution in [0.1, 0.15) is 35.7 Å². The zero-order valence-corrected chi connectivity index (χ0v) is 12.1. The molecule has 2 aromatic rings. The van der Waals surface area contributed by atoms with Crippen LogP contribution in [0.2, 0.25) is 0 Å². The van der Waals surface area contributed by atoms with Gasteiger partial charge in [0.2, 0.25) is 0 Å². The molecule has 0 bridgehead atoms. The maximum absolute atomic E-state index is 11.4. The first-order valence-corrected chi connectivity index (χ1v) is 7.02. The number of hydrogen-bond donors (Lipinski definition) is 0. The Kier molecular flexibility index (Phi) is 4.94. The van der Waals surface area contributed by atoms with Gasteiger partial charge in [-0.25, -0.2) is 4.79 Å². The summed E-state index contributed by atoms with van der Waals surface area (Å²) in [6, 6.07) is 16.1. The van der Waals surface area contributed by atoms with Crippen molar-refractivity contribution in [2.75, 3.05) is 7.11 Å². The Morgan fingerprint density at radius 3 is 2.45 bits per heavy atom. The highest BCUT2D eigenvalue weighted by Crippen LogP contribution is 2.22. The summed E-state index contributed by atoms with van der Waals surface area (Å²) < 4.78 is 4.71. The van der Waals surface area contributed by atoms with Crippen LogP contribution < -0.4 is 0 Å². The maximum Gasteiger partial charge on any atom is 0.337 e. The minimum Gasteiger partial charge on any atom is -0.465 e. The highest BCUT2D eigenvalue weighted by Gasteiger charge is 2.05. The van der Waals surface area contributed by atoms with Crippen LogP contribution in [0.4, 0.5) is 0 Å². The van der Waals surface area contributed by atoms with Crippen molar-refractivity contribution < 1.29 is 9.53 Å². The SMILES string of the molecule is CCCCc1cccc(-c2ccc(C(=O)OC)cc2)c1. The molecule has 0 radical (unpaired) electrons. The zero-order chi connectivity index (χ0) is 14.4. The number of hydrogen-bond acceptors (Lipinski definition) is 2. The standard InChI is InChI=1S/C18H20O2/c1-3-4-6-14-7-5-8-17(13-14)15-9-11-16(12-10-15)18(19)20-2/h5,7-13H,3-4,6H2,1-2H3. The molecule has 0 saturated carbocycles. The molecule has 0 amide bonds. The van der Waals surface area contributed by atoms with Gasteiger partial charge >= 0.3 is 5.97 Å². The Morgan fingerprint density at radius 2 is 1.80 bits per heavy atom. The third-order valence-electron chi connectivity index (χ3n) is 3.39. The van der Waals surface area contributed by atoms with E-state index in [1.165, 1.54) is 31.1 Å². The van der Waals surface area contributed by atoms with E-state index in [1.54, 1.807) is 12.1 Å². The van der Waals surface area contributed by atoms with Crippen LogP contribution in [-0.2, 0) is 11.2 Å². The van der Waals surface area contributed by atoms with Crippen LogP contribution in [0.25, 0.3) is 11.1 Å². The predicted molar refractivity (Wildman–Crippen MR) is 81.8 cm³/mol. The minimum atomic E-state index is -0.298. The van der Waals surface area contributed by atoms with E-state index in [9.17, 15) is 4.79 Å². The zero-order valence-electron chi connectivity index (χ0n) is 12.1. The number of rotatable bonds is 5. The summed E-state index contributed by atoms with van der Waals surface area (Å²) in [5.74, 6) is -0.298. The van der Waals surface area contributed by atoms with Crippen molar-refractivity contribution in [1.82, 2.24) is 0 Å². The topological polar surface area (TPSA) is 26.3 Å². The van der Waals surface area contributed by atoms with Crippen molar-refractivity contribution in [3.8, 4) is 11.1 Å². The van der Waals surface area contributed by atoms with Gasteiger partial charge < -0.3 is 4.74 Å². The van der Waals surface area contributed by atoms with Crippen LogP contribution in [0.3, 0.4) is 0 Å². The molecule has 0 saturated heterocycles. The summed E-state index contributed by atoms with van der Waals surface area (Å²) in [6.45, 7) is 2.20. The van der Waals surface area contributed by atoms with Gasteiger partial charge in [-0.05, 0) is 41.7 Å². The second kappa shape index (κ2) is 6.90. The molecule has 0 aliphatic heterocycles. The Morgan fingerprint density at radius 1 is 1.05 bits per heavy atom. The third-order valence-corrected chi connectivity index (χ3v) is 3.39. The predicted octanol–water partition coefficient (Wildman–Crippen LogP) is 4.48. The van der Waals surface area contributed by atoms with Crippen LogP contribution in [0.15, 0.2) is 48.5 Å². The minimum absolute atomic E-state index is 0.298. The average molecular weight is 268 g/mol. The smallest absolute Gasteiger partial charge is 0.337 e. The molecule has 0 fully saturated rings. The lowest BCUT2D eigenvalue weighted by atomic mass is 10.00. The molecule has 0 spiro atoms. The highest BCUT2D eigenvalue weighted by atomic mass is 16.5. The number of ether oxygens (including phenoxy) is 1. The number of unbranched alkanes of at least 4 members (excludes halogenated alkanes) is 1. The van der Waals surface area contributed by atoms with E-state index in [4.69, 9.17) is 4.74 Å². The fourth-order valence-electron chi connectivity index (χ4n) is 2.20. The van der Waals surface area contributed by atoms with Crippen molar-refractivity contribution in [3.63, 3.8) is 0 Å². The highest BCUT2D eigenvalue weighted by molar-refractivity contribution is 5.89. The van der Waals surface area contributed by atoms with Gasteiger partial charge in [0.25, 0.3) is 0 Å². The van der Waals surface area contributed by atoms with Crippen LogP contribution >= 0.6 is 0 Å². The van der Waals surface area contributed by atoms with E-state index < -0.39 is 0 Å². The number of aryl methyl sites for hydroxylation is 1. The molecule has 0 heterocycles. The molecule has 2 rings (SSSR count). The molecule has 0 aromatic heterocycles. The fourth-order valence-corrected chi connectivity index (χ4v) is 2.20. The van der Waals surface area contributed by atoms with Gasteiger partial charge in [-0.1, -0.05) is 49.7 Å². The molecular weight excluding hydrogens is 248 g/mol. The first-order valence-electron chi connectivity index (χ1n) is 7.02. The molecule has 2 heteroatoms. The molecule has 2 nitrogen and oxygen atoms in total. The summed E-state index contributed by atoms with van der Waals surface area (Å²) in [6.07, 6.45) is 3.54. The summed E-state index contributed by atoms with van der Waals surface area (Å²) in [5.41, 5.74) is 4.26. The number of methoxy groups -OCH3 is 1. The van der Waals surface area contributed by atoms with Crippen LogP contribution in [0.5, 0.6) is 0 Å². The van der Waals surface area contributed by atoms with E-state index in [-0.39, 0.29) is 5.97 Å². The molecule has 2 aromatic carbocycles. The lowest BCUT2D eigenvalue weighted by molar-refractivity contribution is 0.0601. The lowest BCUT2D eigenvalue weighted by Crippen LogP contribution is -2.00. The van der Waals surface area contributed by atoms with Crippen molar-refractivity contribution >= 4 is 5.97 Å². The summed E-state index contributed by atoms with van der Waals surface area (Å²) in [4.78, 5) is 11.4. The number of carbonyl (C=O) groups is 1. The van der Waals surface area contributed by atoms with E-state index in [1.807, 2.05) is 12.1 Å². The van der Waals surface area contributed by atoms with Gasteiger partial charge in [0, 0.05) is 0 Å². The van der Waals surface area contributed by atoms with Gasteiger partial charge in [-0.3, -0.25) is 0 Å². The second-order valence-electron chi connectivity index (χ2n) is 4.87. The normalized spacial score (nSPS) is 10.3.